The molecule has 1 saturated carbocycles. The van der Waals surface area contributed by atoms with Crippen LogP contribution in [0.4, 0.5) is 0 Å². The third kappa shape index (κ3) is 3.42. The molecular weight excluding hydrogens is 190 g/mol. The van der Waals surface area contributed by atoms with E-state index in [0.29, 0.717) is 6.04 Å². The van der Waals surface area contributed by atoms with Crippen molar-refractivity contribution in [3.8, 4) is 0 Å². The first-order valence-corrected chi connectivity index (χ1v) is 5.60. The van der Waals surface area contributed by atoms with Gasteiger partial charge in [0, 0.05) is 12.6 Å². The molecule has 0 aromatic heterocycles. The van der Waals surface area contributed by atoms with Crippen molar-refractivity contribution in [2.24, 2.45) is 16.5 Å². The Morgan fingerprint density at radius 3 is 2.40 bits per heavy atom. The topological polar surface area (TPSA) is 91.5 Å². The highest BCUT2D eigenvalue weighted by atomic mass is 15.3. The van der Waals surface area contributed by atoms with Crippen molar-refractivity contribution >= 4 is 11.9 Å². The fourth-order valence-electron chi connectivity index (χ4n) is 2.16. The van der Waals surface area contributed by atoms with Gasteiger partial charge in [-0.25, -0.2) is 0 Å². The smallest absolute Gasteiger partial charge is 0.221 e. The largest absolute Gasteiger partial charge is 0.370 e. The standard InChI is InChI=1S/C10H21N5/c1-2-15(10(13)14-9(11)12)8-6-4-3-5-7-8/h8H,2-7H2,1H3,(H5,11,12,13,14). The van der Waals surface area contributed by atoms with Crippen LogP contribution >= 0.6 is 0 Å². The maximum atomic E-state index is 7.79. The molecule has 1 rings (SSSR count). The lowest BCUT2D eigenvalue weighted by Gasteiger charge is -2.33. The van der Waals surface area contributed by atoms with E-state index in [9.17, 15) is 0 Å². The van der Waals surface area contributed by atoms with Gasteiger partial charge in [0.1, 0.15) is 0 Å². The van der Waals surface area contributed by atoms with Gasteiger partial charge in [-0.05, 0) is 19.8 Å². The van der Waals surface area contributed by atoms with E-state index in [1.807, 2.05) is 11.8 Å². The zero-order valence-electron chi connectivity index (χ0n) is 9.37. The van der Waals surface area contributed by atoms with Gasteiger partial charge in [-0.15, -0.1) is 0 Å². The molecule has 0 radical (unpaired) electrons. The van der Waals surface area contributed by atoms with Gasteiger partial charge in [0.25, 0.3) is 0 Å². The second-order valence-corrected chi connectivity index (χ2v) is 3.94. The Morgan fingerprint density at radius 2 is 1.93 bits per heavy atom. The van der Waals surface area contributed by atoms with E-state index in [0.717, 1.165) is 19.4 Å². The lowest BCUT2D eigenvalue weighted by Crippen LogP contribution is -2.41. The van der Waals surface area contributed by atoms with Crippen LogP contribution in [0.1, 0.15) is 39.0 Å². The highest BCUT2D eigenvalue weighted by Crippen LogP contribution is 2.22. The maximum Gasteiger partial charge on any atom is 0.221 e. The summed E-state index contributed by atoms with van der Waals surface area (Å²) < 4.78 is 0. The molecule has 0 heterocycles. The van der Waals surface area contributed by atoms with E-state index < -0.39 is 0 Å². The van der Waals surface area contributed by atoms with Gasteiger partial charge in [0.2, 0.25) is 5.96 Å². The lowest BCUT2D eigenvalue weighted by molar-refractivity contribution is 0.249. The molecule has 1 aliphatic carbocycles. The predicted molar refractivity (Wildman–Crippen MR) is 62.8 cm³/mol. The first-order chi connectivity index (χ1) is 7.15. The maximum absolute atomic E-state index is 7.79. The van der Waals surface area contributed by atoms with Crippen LogP contribution in [0.15, 0.2) is 4.99 Å². The number of nitrogens with zero attached hydrogens (tertiary/aromatic N) is 2. The Hall–Kier alpha value is -1.26. The van der Waals surface area contributed by atoms with Crippen molar-refractivity contribution in [2.75, 3.05) is 6.54 Å². The summed E-state index contributed by atoms with van der Waals surface area (Å²) in [5, 5.41) is 7.79. The average Bonchev–Trinajstić information content (AvgIpc) is 2.19. The number of hydrogen-bond donors (Lipinski definition) is 3. The predicted octanol–water partition coefficient (Wildman–Crippen LogP) is 0.849. The highest BCUT2D eigenvalue weighted by molar-refractivity contribution is 5.91. The highest BCUT2D eigenvalue weighted by Gasteiger charge is 2.21. The van der Waals surface area contributed by atoms with Gasteiger partial charge < -0.3 is 16.4 Å². The van der Waals surface area contributed by atoms with E-state index in [2.05, 4.69) is 4.99 Å². The molecule has 5 nitrogen and oxygen atoms in total. The van der Waals surface area contributed by atoms with Gasteiger partial charge in [0.05, 0.1) is 0 Å². The molecule has 0 aromatic rings. The number of aliphatic imine (C=N–C) groups is 1. The molecule has 86 valence electrons. The van der Waals surface area contributed by atoms with Crippen molar-refractivity contribution in [1.29, 1.82) is 5.41 Å². The minimum Gasteiger partial charge on any atom is -0.370 e. The van der Waals surface area contributed by atoms with Crippen LogP contribution in [-0.2, 0) is 0 Å². The number of guanidine groups is 2. The Kier molecular flexibility index (Phi) is 4.39. The Labute approximate surface area is 91.0 Å². The summed E-state index contributed by atoms with van der Waals surface area (Å²) in [6, 6.07) is 0.444. The van der Waals surface area contributed by atoms with Crippen molar-refractivity contribution in [3.63, 3.8) is 0 Å². The molecule has 0 bridgehead atoms. The van der Waals surface area contributed by atoms with Crippen molar-refractivity contribution < 1.29 is 0 Å². The quantitative estimate of drug-likeness (QED) is 0.467. The monoisotopic (exact) mass is 211 g/mol. The molecule has 0 spiro atoms. The van der Waals surface area contributed by atoms with Crippen LogP contribution in [0.2, 0.25) is 0 Å². The van der Waals surface area contributed by atoms with Crippen molar-refractivity contribution in [3.05, 3.63) is 0 Å². The Balaban J connectivity index is 2.61. The average molecular weight is 211 g/mol. The zero-order chi connectivity index (χ0) is 11.3. The fourth-order valence-corrected chi connectivity index (χ4v) is 2.16. The molecule has 0 aliphatic heterocycles. The van der Waals surface area contributed by atoms with Gasteiger partial charge in [0.15, 0.2) is 5.96 Å². The van der Waals surface area contributed by atoms with E-state index in [1.54, 1.807) is 0 Å². The second kappa shape index (κ2) is 5.58. The van der Waals surface area contributed by atoms with Gasteiger partial charge in [-0.3, -0.25) is 5.41 Å². The number of nitrogens with one attached hydrogen (secondary N) is 1. The zero-order valence-corrected chi connectivity index (χ0v) is 9.37. The molecule has 0 unspecified atom stereocenters. The van der Waals surface area contributed by atoms with Gasteiger partial charge in [-0.2, -0.15) is 4.99 Å². The van der Waals surface area contributed by atoms with E-state index in [4.69, 9.17) is 16.9 Å². The molecule has 1 aliphatic rings. The summed E-state index contributed by atoms with van der Waals surface area (Å²) in [7, 11) is 0. The van der Waals surface area contributed by atoms with Gasteiger partial charge >= 0.3 is 0 Å². The fraction of sp³-hybridized carbons (Fsp3) is 0.800. The van der Waals surface area contributed by atoms with Gasteiger partial charge in [-0.1, -0.05) is 19.3 Å². The lowest BCUT2D eigenvalue weighted by atomic mass is 9.94. The van der Waals surface area contributed by atoms with Crippen molar-refractivity contribution in [2.45, 2.75) is 45.1 Å². The first-order valence-electron chi connectivity index (χ1n) is 5.60. The number of nitrogens with two attached hydrogens (primary N) is 2. The third-order valence-corrected chi connectivity index (χ3v) is 2.86. The van der Waals surface area contributed by atoms with Crippen LogP contribution in [0.5, 0.6) is 0 Å². The summed E-state index contributed by atoms with van der Waals surface area (Å²) in [4.78, 5) is 5.79. The molecule has 0 amide bonds. The molecule has 0 atom stereocenters. The first kappa shape index (κ1) is 11.8. The van der Waals surface area contributed by atoms with Crippen LogP contribution in [0.25, 0.3) is 0 Å². The minimum atomic E-state index is -0.0331. The number of rotatable bonds is 2. The summed E-state index contributed by atoms with van der Waals surface area (Å²) in [6.45, 7) is 2.83. The summed E-state index contributed by atoms with van der Waals surface area (Å²) in [5.41, 5.74) is 10.6. The molecule has 1 fully saturated rings. The summed E-state index contributed by atoms with van der Waals surface area (Å²) in [5.74, 6) is 0.165. The normalized spacial score (nSPS) is 17.1. The molecule has 5 heteroatoms. The van der Waals surface area contributed by atoms with Crippen molar-refractivity contribution in [1.82, 2.24) is 4.90 Å². The van der Waals surface area contributed by atoms with E-state index in [1.165, 1.54) is 19.3 Å². The molecule has 0 saturated heterocycles. The van der Waals surface area contributed by atoms with Crippen LogP contribution in [0.3, 0.4) is 0 Å². The molecule has 5 N–H and O–H groups in total. The Morgan fingerprint density at radius 1 is 1.33 bits per heavy atom. The Bertz CT molecular complexity index is 238. The third-order valence-electron chi connectivity index (χ3n) is 2.86. The van der Waals surface area contributed by atoms with Crippen LogP contribution in [-0.4, -0.2) is 29.4 Å². The van der Waals surface area contributed by atoms with Crippen LogP contribution in [0, 0.1) is 5.41 Å². The molecular formula is C10H21N5. The SMILES string of the molecule is CCN(C(=N)N=C(N)N)C1CCCCC1. The second-order valence-electron chi connectivity index (χ2n) is 3.94. The number of hydrogen-bond acceptors (Lipinski definition) is 1. The van der Waals surface area contributed by atoms with E-state index in [-0.39, 0.29) is 11.9 Å². The minimum absolute atomic E-state index is 0.0331. The molecule has 0 aromatic carbocycles. The summed E-state index contributed by atoms with van der Waals surface area (Å²) in [6.07, 6.45) is 6.10. The molecule has 15 heavy (non-hydrogen) atoms. The summed E-state index contributed by atoms with van der Waals surface area (Å²) >= 11 is 0. The van der Waals surface area contributed by atoms with Crippen LogP contribution < -0.4 is 11.5 Å². The van der Waals surface area contributed by atoms with E-state index >= 15 is 0 Å².